The van der Waals surface area contributed by atoms with Crippen LogP contribution in [0, 0.1) is 5.82 Å². The zero-order valence-electron chi connectivity index (χ0n) is 21.4. The van der Waals surface area contributed by atoms with Crippen LogP contribution in [0.3, 0.4) is 0 Å². The van der Waals surface area contributed by atoms with Gasteiger partial charge in [-0.05, 0) is 36.5 Å². The second kappa shape index (κ2) is 11.8. The van der Waals surface area contributed by atoms with Gasteiger partial charge in [0.1, 0.15) is 11.2 Å². The van der Waals surface area contributed by atoms with Crippen LogP contribution < -0.4 is 16.4 Å². The summed E-state index contributed by atoms with van der Waals surface area (Å²) in [5.74, 6) is -1.62. The summed E-state index contributed by atoms with van der Waals surface area (Å²) in [4.78, 5) is 24.9. The number of aliphatic imine (C=N–C) groups is 1. The van der Waals surface area contributed by atoms with E-state index in [1.807, 2.05) is 6.92 Å². The van der Waals surface area contributed by atoms with Gasteiger partial charge in [-0.3, -0.25) is 9.79 Å². The van der Waals surface area contributed by atoms with Crippen molar-refractivity contribution >= 4 is 23.9 Å². The Bertz CT molecular complexity index is 1410. The maximum Gasteiger partial charge on any atom is 0.401 e. The summed E-state index contributed by atoms with van der Waals surface area (Å²) in [5.41, 5.74) is 6.01. The number of hydrogen-bond donors (Lipinski definition) is 4. The van der Waals surface area contributed by atoms with Gasteiger partial charge in [-0.25, -0.2) is 14.4 Å². The number of halogens is 4. The lowest BCUT2D eigenvalue weighted by atomic mass is 10.0. The van der Waals surface area contributed by atoms with E-state index in [4.69, 9.17) is 15.4 Å². The summed E-state index contributed by atoms with van der Waals surface area (Å²) in [5, 5.41) is 17.7. The van der Waals surface area contributed by atoms with Gasteiger partial charge in [0, 0.05) is 35.9 Å². The van der Waals surface area contributed by atoms with Crippen molar-refractivity contribution in [3.63, 3.8) is 0 Å². The van der Waals surface area contributed by atoms with Crippen LogP contribution in [0.4, 0.5) is 29.3 Å². The minimum atomic E-state index is -4.47. The lowest BCUT2D eigenvalue weighted by Crippen LogP contribution is -2.28. The van der Waals surface area contributed by atoms with Gasteiger partial charge < -0.3 is 26.0 Å². The molecule has 40 heavy (non-hydrogen) atoms. The van der Waals surface area contributed by atoms with Crippen molar-refractivity contribution in [2.45, 2.75) is 44.2 Å². The number of nitrogens with zero attached hydrogens (tertiary/aromatic N) is 4. The van der Waals surface area contributed by atoms with Crippen molar-refractivity contribution in [2.75, 3.05) is 23.8 Å². The average molecular weight is 562 g/mol. The maximum absolute atomic E-state index is 14.8. The molecule has 0 spiro atoms. The molecule has 4 rings (SSSR count). The van der Waals surface area contributed by atoms with Gasteiger partial charge in [0.25, 0.3) is 0 Å². The van der Waals surface area contributed by atoms with Crippen LogP contribution in [0.1, 0.15) is 37.5 Å². The lowest BCUT2D eigenvalue weighted by molar-refractivity contribution is -0.165. The molecule has 2 heterocycles. The van der Waals surface area contributed by atoms with Gasteiger partial charge in [0.15, 0.2) is 11.6 Å². The summed E-state index contributed by atoms with van der Waals surface area (Å²) in [6, 6.07) is 5.29. The first kappa shape index (κ1) is 28.7. The summed E-state index contributed by atoms with van der Waals surface area (Å²) >= 11 is 0. The number of aliphatic hydroxyl groups is 1. The number of allylic oxidation sites excluding steroid dienone is 2. The minimum absolute atomic E-state index is 0.0742. The first-order chi connectivity index (χ1) is 19.1. The van der Waals surface area contributed by atoms with Gasteiger partial charge in [0.2, 0.25) is 11.9 Å². The summed E-state index contributed by atoms with van der Waals surface area (Å²) in [6.07, 6.45) is -0.0477. The molecule has 5 N–H and O–H groups in total. The largest absolute Gasteiger partial charge is 0.401 e. The fourth-order valence-electron chi connectivity index (χ4n) is 3.85. The number of nitrogens with one attached hydrogen (secondary N) is 2. The Morgan fingerprint density at radius 1 is 1.20 bits per heavy atom. The van der Waals surface area contributed by atoms with Gasteiger partial charge in [0.05, 0.1) is 25.3 Å². The molecule has 14 heteroatoms. The number of carbonyl (C=O) groups is 1. The number of amides is 1. The molecule has 1 aromatic carbocycles. The molecule has 0 radical (unpaired) electrons. The zero-order chi connectivity index (χ0) is 28.9. The van der Waals surface area contributed by atoms with E-state index in [2.05, 4.69) is 30.8 Å². The highest BCUT2D eigenvalue weighted by Gasteiger charge is 2.66. The van der Waals surface area contributed by atoms with Crippen molar-refractivity contribution < 1.29 is 32.0 Å². The third kappa shape index (κ3) is 6.45. The molecule has 0 bridgehead atoms. The van der Waals surface area contributed by atoms with Crippen molar-refractivity contribution in [3.8, 4) is 11.1 Å². The Labute approximate surface area is 226 Å². The normalized spacial score (nSPS) is 15.2. The Morgan fingerprint density at radius 3 is 2.52 bits per heavy atom. The van der Waals surface area contributed by atoms with Gasteiger partial charge >= 0.3 is 6.18 Å². The predicted octanol–water partition coefficient (Wildman–Crippen LogP) is 4.10. The number of benzene rings is 1. The smallest absolute Gasteiger partial charge is 0.400 e. The molecule has 1 aliphatic rings. The first-order valence-corrected chi connectivity index (χ1v) is 12.4. The van der Waals surface area contributed by atoms with E-state index in [0.29, 0.717) is 28.9 Å². The van der Waals surface area contributed by atoms with Crippen molar-refractivity contribution in [3.05, 3.63) is 65.2 Å². The molecule has 0 aliphatic heterocycles. The van der Waals surface area contributed by atoms with E-state index >= 15 is 0 Å². The molecule has 10 nitrogen and oxygen atoms in total. The number of rotatable bonds is 11. The van der Waals surface area contributed by atoms with E-state index in [-0.39, 0.29) is 55.5 Å². The third-order valence-electron chi connectivity index (χ3n) is 6.35. The topological polar surface area (TPSA) is 152 Å². The van der Waals surface area contributed by atoms with Crippen molar-refractivity contribution in [1.29, 1.82) is 0 Å². The Balaban J connectivity index is 1.39. The molecule has 0 unspecified atom stereocenters. The van der Waals surface area contributed by atoms with Crippen LogP contribution in [0.2, 0.25) is 0 Å². The molecule has 1 amide bonds. The molecule has 3 aromatic rings. The maximum atomic E-state index is 14.8. The number of aliphatic hydroxyl groups excluding tert-OH is 1. The summed E-state index contributed by atoms with van der Waals surface area (Å²) < 4.78 is 59.4. The standard InChI is InChI=1S/C26H27F4N7O3/c1-2-19(31)20(14-32-7-8-38)35-24-33-12-17(13-34-24)15-3-4-16(18(27)9-15)10-23(39)36-22-11-21(40-37-22)25(5-6-25)26(28,29)30/h3-4,9,11-14,38H,2,5-8,10,31H2,1H3,(H,33,34,35)(H,36,37,39). The molecule has 1 fully saturated rings. The fraction of sp³-hybridized carbons (Fsp3) is 0.346. The molecule has 212 valence electrons. The van der Waals surface area contributed by atoms with E-state index in [1.165, 1.54) is 30.7 Å². The number of aromatic nitrogens is 3. The second-order valence-electron chi connectivity index (χ2n) is 9.16. The summed E-state index contributed by atoms with van der Waals surface area (Å²) in [6.45, 7) is 1.98. The van der Waals surface area contributed by atoms with Crippen LogP contribution in [0.25, 0.3) is 11.1 Å². The Kier molecular flexibility index (Phi) is 8.47. The number of nitrogens with two attached hydrogens (primary N) is 1. The van der Waals surface area contributed by atoms with Crippen LogP contribution in [-0.4, -0.2) is 51.7 Å². The molecule has 1 saturated carbocycles. The van der Waals surface area contributed by atoms with E-state index < -0.39 is 23.3 Å². The predicted molar refractivity (Wildman–Crippen MR) is 139 cm³/mol. The van der Waals surface area contributed by atoms with Gasteiger partial charge in [-0.2, -0.15) is 13.2 Å². The lowest BCUT2D eigenvalue weighted by Gasteiger charge is -2.14. The molecule has 0 atom stereocenters. The monoisotopic (exact) mass is 561 g/mol. The average Bonchev–Trinajstić information content (AvgIpc) is 3.63. The van der Waals surface area contributed by atoms with E-state index in [9.17, 15) is 22.4 Å². The second-order valence-corrected chi connectivity index (χ2v) is 9.16. The minimum Gasteiger partial charge on any atom is -0.400 e. The summed E-state index contributed by atoms with van der Waals surface area (Å²) in [7, 11) is 0. The van der Waals surface area contributed by atoms with E-state index in [0.717, 1.165) is 6.07 Å². The number of carbonyl (C=O) groups excluding carboxylic acids is 1. The van der Waals surface area contributed by atoms with Gasteiger partial charge in [-0.1, -0.05) is 24.2 Å². The highest BCUT2D eigenvalue weighted by molar-refractivity contribution is 5.91. The number of anilines is 2. The number of hydrogen-bond acceptors (Lipinski definition) is 9. The quantitative estimate of drug-likeness (QED) is 0.202. The number of alkyl halides is 3. The Hall–Kier alpha value is -4.33. The molecule has 2 aromatic heterocycles. The SMILES string of the molecule is CCC(N)=C(C=NCCO)Nc1ncc(-c2ccc(CC(=O)Nc3cc(C4(C(F)(F)F)CC4)on3)c(F)c2)cn1. The van der Waals surface area contributed by atoms with E-state index in [1.54, 1.807) is 6.07 Å². The van der Waals surface area contributed by atoms with Crippen molar-refractivity contribution in [2.24, 2.45) is 10.7 Å². The Morgan fingerprint density at radius 2 is 1.93 bits per heavy atom. The molecule has 0 saturated heterocycles. The third-order valence-corrected chi connectivity index (χ3v) is 6.35. The first-order valence-electron chi connectivity index (χ1n) is 12.4. The van der Waals surface area contributed by atoms with Crippen LogP contribution in [-0.2, 0) is 16.6 Å². The molecule has 1 aliphatic carbocycles. The van der Waals surface area contributed by atoms with Crippen LogP contribution in [0.15, 0.2) is 57.6 Å². The zero-order valence-corrected chi connectivity index (χ0v) is 21.4. The molecular formula is C26H27F4N7O3. The van der Waals surface area contributed by atoms with Crippen LogP contribution >= 0.6 is 0 Å². The molecular weight excluding hydrogens is 534 g/mol. The highest BCUT2D eigenvalue weighted by atomic mass is 19.4. The highest BCUT2D eigenvalue weighted by Crippen LogP contribution is 2.59. The van der Waals surface area contributed by atoms with Gasteiger partial charge in [-0.15, -0.1) is 0 Å². The van der Waals surface area contributed by atoms with Crippen molar-refractivity contribution in [1.82, 2.24) is 15.1 Å². The van der Waals surface area contributed by atoms with Crippen LogP contribution in [0.5, 0.6) is 0 Å². The fourth-order valence-corrected chi connectivity index (χ4v) is 3.85.